The minimum Gasteiger partial charge on any atom is -0.312 e. The van der Waals surface area contributed by atoms with Gasteiger partial charge >= 0.3 is 12.2 Å². The topological polar surface area (TPSA) is 74.3 Å². The number of nitrogens with zero attached hydrogens (tertiary/aromatic N) is 2. The maximum absolute atomic E-state index is 12.6. The number of carbonyl (C=O) groups is 2. The predicted octanol–water partition coefficient (Wildman–Crippen LogP) is 5.26. The van der Waals surface area contributed by atoms with Crippen LogP contribution in [-0.4, -0.2) is 23.5 Å². The predicted molar refractivity (Wildman–Crippen MR) is 114 cm³/mol. The number of carbonyl (C=O) groups excluding carboxylic acids is 2. The monoisotopic (exact) mass is 440 g/mol. The Bertz CT molecular complexity index is 1120. The second-order valence-electron chi connectivity index (χ2n) is 7.37. The normalized spacial score (nSPS) is 16.2. The Morgan fingerprint density at radius 1 is 1.00 bits per heavy atom. The van der Waals surface area contributed by atoms with Crippen LogP contribution in [0.1, 0.15) is 23.5 Å². The van der Waals surface area contributed by atoms with Crippen molar-refractivity contribution in [2.75, 3.05) is 22.1 Å². The maximum atomic E-state index is 12.6. The summed E-state index contributed by atoms with van der Waals surface area (Å²) in [5.41, 5.74) is 1.09. The van der Waals surface area contributed by atoms with E-state index in [1.54, 1.807) is 17.0 Å². The summed E-state index contributed by atoms with van der Waals surface area (Å²) in [6.07, 6.45) is -2.58. The average Bonchev–Trinajstić information content (AvgIpc) is 3.16. The van der Waals surface area contributed by atoms with E-state index in [1.165, 1.54) is 18.3 Å². The highest BCUT2D eigenvalue weighted by Crippen LogP contribution is 2.32. The van der Waals surface area contributed by atoms with E-state index in [0.29, 0.717) is 18.7 Å². The van der Waals surface area contributed by atoms with Gasteiger partial charge in [0.2, 0.25) is 5.91 Å². The van der Waals surface area contributed by atoms with Gasteiger partial charge in [-0.3, -0.25) is 10.1 Å². The molecule has 9 heteroatoms. The van der Waals surface area contributed by atoms with Crippen molar-refractivity contribution in [1.29, 1.82) is 0 Å². The van der Waals surface area contributed by atoms with Crippen LogP contribution in [-0.2, 0) is 11.0 Å². The molecule has 32 heavy (non-hydrogen) atoms. The molecule has 1 aliphatic heterocycles. The van der Waals surface area contributed by atoms with Crippen LogP contribution in [0.25, 0.3) is 0 Å². The first-order valence-electron chi connectivity index (χ1n) is 9.86. The number of hydrogen-bond donors (Lipinski definition) is 2. The standard InChI is InChI=1S/C23H19F3N4O2/c24-23(25,26)17-6-8-18(9-7-17)28-22(32)29-20-13-19(10-11-27-20)30-14-16(12-21(30)31)15-4-2-1-3-5-15/h1-11,13,16H,12,14H2,(H2,27,28,29,32). The molecule has 0 radical (unpaired) electrons. The fourth-order valence-electron chi connectivity index (χ4n) is 3.58. The van der Waals surface area contributed by atoms with Crippen LogP contribution in [0, 0.1) is 0 Å². The van der Waals surface area contributed by atoms with Crippen molar-refractivity contribution in [3.63, 3.8) is 0 Å². The molecule has 1 atom stereocenters. The number of amides is 3. The van der Waals surface area contributed by atoms with Crippen LogP contribution in [0.4, 0.5) is 35.2 Å². The minimum absolute atomic E-state index is 0.0230. The smallest absolute Gasteiger partial charge is 0.312 e. The van der Waals surface area contributed by atoms with Gasteiger partial charge in [-0.1, -0.05) is 30.3 Å². The van der Waals surface area contributed by atoms with Gasteiger partial charge in [-0.25, -0.2) is 9.78 Å². The summed E-state index contributed by atoms with van der Waals surface area (Å²) in [6, 6.07) is 16.5. The van der Waals surface area contributed by atoms with E-state index in [9.17, 15) is 22.8 Å². The molecule has 1 fully saturated rings. The number of alkyl halides is 3. The molecule has 2 heterocycles. The molecule has 0 saturated carbocycles. The van der Waals surface area contributed by atoms with Crippen molar-refractivity contribution in [2.24, 2.45) is 0 Å². The van der Waals surface area contributed by atoms with Crippen molar-refractivity contribution >= 4 is 29.1 Å². The number of hydrogen-bond acceptors (Lipinski definition) is 3. The van der Waals surface area contributed by atoms with E-state index >= 15 is 0 Å². The molecule has 1 aliphatic rings. The first kappa shape index (κ1) is 21.4. The number of pyridine rings is 1. The lowest BCUT2D eigenvalue weighted by Crippen LogP contribution is -2.25. The summed E-state index contributed by atoms with van der Waals surface area (Å²) >= 11 is 0. The molecule has 1 saturated heterocycles. The largest absolute Gasteiger partial charge is 0.416 e. The van der Waals surface area contributed by atoms with Gasteiger partial charge in [0, 0.05) is 42.5 Å². The highest BCUT2D eigenvalue weighted by Gasteiger charge is 2.32. The molecule has 0 aliphatic carbocycles. The van der Waals surface area contributed by atoms with Gasteiger partial charge in [0.15, 0.2) is 0 Å². The third-order valence-corrected chi connectivity index (χ3v) is 5.16. The number of nitrogens with one attached hydrogen (secondary N) is 2. The molecule has 1 unspecified atom stereocenters. The van der Waals surface area contributed by atoms with Gasteiger partial charge in [-0.05, 0) is 35.9 Å². The van der Waals surface area contributed by atoms with Crippen LogP contribution >= 0.6 is 0 Å². The third-order valence-electron chi connectivity index (χ3n) is 5.16. The Morgan fingerprint density at radius 2 is 1.72 bits per heavy atom. The van der Waals surface area contributed by atoms with Crippen LogP contribution < -0.4 is 15.5 Å². The van der Waals surface area contributed by atoms with Crippen LogP contribution in [0.5, 0.6) is 0 Å². The van der Waals surface area contributed by atoms with E-state index in [2.05, 4.69) is 15.6 Å². The summed E-state index contributed by atoms with van der Waals surface area (Å²) in [5, 5.41) is 4.99. The number of rotatable bonds is 4. The highest BCUT2D eigenvalue weighted by atomic mass is 19.4. The van der Waals surface area contributed by atoms with Gasteiger partial charge in [0.05, 0.1) is 5.56 Å². The molecule has 3 amide bonds. The summed E-state index contributed by atoms with van der Waals surface area (Å²) in [7, 11) is 0. The Balaban J connectivity index is 1.41. The van der Waals surface area contributed by atoms with Crippen molar-refractivity contribution in [3.05, 3.63) is 84.1 Å². The Hall–Kier alpha value is -3.88. The molecule has 1 aromatic heterocycles. The van der Waals surface area contributed by atoms with Gasteiger partial charge in [0.1, 0.15) is 5.82 Å². The van der Waals surface area contributed by atoms with Gasteiger partial charge < -0.3 is 10.2 Å². The van der Waals surface area contributed by atoms with Gasteiger partial charge in [0.25, 0.3) is 0 Å². The van der Waals surface area contributed by atoms with Crippen molar-refractivity contribution in [3.8, 4) is 0 Å². The first-order valence-corrected chi connectivity index (χ1v) is 9.86. The van der Waals surface area contributed by atoms with Crippen LogP contribution in [0.2, 0.25) is 0 Å². The fraction of sp³-hybridized carbons (Fsp3) is 0.174. The highest BCUT2D eigenvalue weighted by molar-refractivity contribution is 6.00. The zero-order valence-electron chi connectivity index (χ0n) is 16.8. The van der Waals surface area contributed by atoms with E-state index in [1.807, 2.05) is 30.3 Å². The second-order valence-corrected chi connectivity index (χ2v) is 7.37. The lowest BCUT2D eigenvalue weighted by atomic mass is 9.99. The summed E-state index contributed by atoms with van der Waals surface area (Å²) < 4.78 is 37.9. The molecule has 164 valence electrons. The first-order chi connectivity index (χ1) is 15.3. The number of benzene rings is 2. The summed E-state index contributed by atoms with van der Waals surface area (Å²) in [4.78, 5) is 30.5. The molecule has 0 spiro atoms. The fourth-order valence-corrected chi connectivity index (χ4v) is 3.58. The lowest BCUT2D eigenvalue weighted by Gasteiger charge is -2.18. The Kier molecular flexibility index (Phi) is 5.81. The van der Waals surface area contributed by atoms with Gasteiger partial charge in [-0.2, -0.15) is 13.2 Å². The van der Waals surface area contributed by atoms with Crippen molar-refractivity contribution in [2.45, 2.75) is 18.5 Å². The number of aromatic nitrogens is 1. The molecule has 2 N–H and O–H groups in total. The zero-order valence-corrected chi connectivity index (χ0v) is 16.8. The summed E-state index contributed by atoms with van der Waals surface area (Å²) in [5.74, 6) is 0.268. The number of halogens is 3. The lowest BCUT2D eigenvalue weighted by molar-refractivity contribution is -0.137. The molecule has 4 rings (SSSR count). The molecule has 0 bridgehead atoms. The molecular formula is C23H19F3N4O2. The number of anilines is 3. The number of urea groups is 1. The van der Waals surface area contributed by atoms with E-state index in [-0.39, 0.29) is 23.3 Å². The van der Waals surface area contributed by atoms with Crippen LogP contribution in [0.15, 0.2) is 72.9 Å². The second kappa shape index (κ2) is 8.70. The molecular weight excluding hydrogens is 421 g/mol. The molecule has 2 aromatic carbocycles. The van der Waals surface area contributed by atoms with E-state index < -0.39 is 17.8 Å². The SMILES string of the molecule is O=C(Nc1ccc(C(F)(F)F)cc1)Nc1cc(N2CC(c3ccccc3)CC2=O)ccn1. The van der Waals surface area contributed by atoms with Crippen LogP contribution in [0.3, 0.4) is 0 Å². The quantitative estimate of drug-likeness (QED) is 0.581. The Labute approximate surface area is 182 Å². The third kappa shape index (κ3) is 4.88. The molecule has 6 nitrogen and oxygen atoms in total. The molecule has 3 aromatic rings. The van der Waals surface area contributed by atoms with Gasteiger partial charge in [-0.15, -0.1) is 0 Å². The Morgan fingerprint density at radius 3 is 2.41 bits per heavy atom. The zero-order chi connectivity index (χ0) is 22.7. The van der Waals surface area contributed by atoms with E-state index in [4.69, 9.17) is 0 Å². The minimum atomic E-state index is -4.45. The van der Waals surface area contributed by atoms with E-state index in [0.717, 1.165) is 17.7 Å². The van der Waals surface area contributed by atoms with Crippen molar-refractivity contribution < 1.29 is 22.8 Å². The maximum Gasteiger partial charge on any atom is 0.416 e. The average molecular weight is 440 g/mol. The summed E-state index contributed by atoms with van der Waals surface area (Å²) in [6.45, 7) is 0.518. The van der Waals surface area contributed by atoms with Crippen molar-refractivity contribution in [1.82, 2.24) is 4.98 Å².